The average Bonchev–Trinajstić information content (AvgIpc) is 2.42. The molecule has 1 N–H and O–H groups in total. The summed E-state index contributed by atoms with van der Waals surface area (Å²) in [6, 6.07) is 9.62. The molecule has 2 rings (SSSR count). The van der Waals surface area contributed by atoms with Crippen LogP contribution in [0.25, 0.3) is 0 Å². The van der Waals surface area contributed by atoms with Gasteiger partial charge in [0.2, 0.25) is 0 Å². The molecule has 0 amide bonds. The Morgan fingerprint density at radius 3 is 2.45 bits per heavy atom. The third kappa shape index (κ3) is 3.59. The van der Waals surface area contributed by atoms with Crippen LogP contribution in [0.4, 0.5) is 8.78 Å². The SMILES string of the molecule is CNC(C)c1cc(Br)ccc1Sc1ccc(F)cc1F. The Morgan fingerprint density at radius 2 is 1.80 bits per heavy atom. The van der Waals surface area contributed by atoms with Crippen molar-refractivity contribution in [2.45, 2.75) is 22.8 Å². The monoisotopic (exact) mass is 357 g/mol. The highest BCUT2D eigenvalue weighted by atomic mass is 79.9. The van der Waals surface area contributed by atoms with Gasteiger partial charge in [0.1, 0.15) is 11.6 Å². The maximum absolute atomic E-state index is 13.7. The van der Waals surface area contributed by atoms with E-state index in [1.807, 2.05) is 32.2 Å². The summed E-state index contributed by atoms with van der Waals surface area (Å²) in [5.41, 5.74) is 1.07. The molecule has 5 heteroatoms. The van der Waals surface area contributed by atoms with E-state index in [1.54, 1.807) is 0 Å². The van der Waals surface area contributed by atoms with Crippen molar-refractivity contribution in [2.75, 3.05) is 7.05 Å². The minimum atomic E-state index is -0.563. The Morgan fingerprint density at radius 1 is 1.10 bits per heavy atom. The summed E-state index contributed by atoms with van der Waals surface area (Å²) in [7, 11) is 1.87. The van der Waals surface area contributed by atoms with Gasteiger partial charge in [-0.3, -0.25) is 0 Å². The second-order valence-corrected chi connectivity index (χ2v) is 6.37. The summed E-state index contributed by atoms with van der Waals surface area (Å²) in [6.07, 6.45) is 0. The first kappa shape index (κ1) is 15.5. The van der Waals surface area contributed by atoms with Crippen LogP contribution < -0.4 is 5.32 Å². The van der Waals surface area contributed by atoms with Crippen molar-refractivity contribution in [3.63, 3.8) is 0 Å². The summed E-state index contributed by atoms with van der Waals surface area (Å²) in [5.74, 6) is -1.10. The fourth-order valence-corrected chi connectivity index (χ4v) is 3.18. The molecule has 20 heavy (non-hydrogen) atoms. The van der Waals surface area contributed by atoms with Gasteiger partial charge < -0.3 is 5.32 Å². The minimum Gasteiger partial charge on any atom is -0.313 e. The second-order valence-electron chi connectivity index (χ2n) is 4.37. The molecule has 0 fully saturated rings. The fraction of sp³-hybridized carbons (Fsp3) is 0.200. The molecule has 2 aromatic rings. The predicted octanol–water partition coefficient (Wildman–Crippen LogP) is 5.16. The molecule has 0 aliphatic heterocycles. The molecule has 0 spiro atoms. The van der Waals surface area contributed by atoms with Crippen molar-refractivity contribution < 1.29 is 8.78 Å². The van der Waals surface area contributed by atoms with Crippen molar-refractivity contribution in [3.05, 3.63) is 58.1 Å². The van der Waals surface area contributed by atoms with Crippen LogP contribution in [0.2, 0.25) is 0 Å². The first-order valence-corrected chi connectivity index (χ1v) is 7.72. The van der Waals surface area contributed by atoms with Crippen LogP contribution in [0.15, 0.2) is 50.7 Å². The van der Waals surface area contributed by atoms with E-state index < -0.39 is 11.6 Å². The zero-order valence-corrected chi connectivity index (χ0v) is 13.5. The second kappa shape index (κ2) is 6.70. The van der Waals surface area contributed by atoms with Crippen molar-refractivity contribution in [1.82, 2.24) is 5.32 Å². The van der Waals surface area contributed by atoms with E-state index in [1.165, 1.54) is 23.9 Å². The minimum absolute atomic E-state index is 0.138. The molecule has 0 saturated carbocycles. The van der Waals surface area contributed by atoms with E-state index in [0.29, 0.717) is 4.90 Å². The van der Waals surface area contributed by atoms with Crippen molar-refractivity contribution in [1.29, 1.82) is 0 Å². The molecule has 106 valence electrons. The largest absolute Gasteiger partial charge is 0.313 e. The molecule has 0 bridgehead atoms. The van der Waals surface area contributed by atoms with Gasteiger partial charge in [0.05, 0.1) is 0 Å². The Kier molecular flexibility index (Phi) is 5.18. The van der Waals surface area contributed by atoms with E-state index in [2.05, 4.69) is 21.2 Å². The van der Waals surface area contributed by atoms with E-state index in [4.69, 9.17) is 0 Å². The van der Waals surface area contributed by atoms with Crippen molar-refractivity contribution >= 4 is 27.7 Å². The highest BCUT2D eigenvalue weighted by molar-refractivity contribution is 9.10. The number of nitrogens with one attached hydrogen (secondary N) is 1. The lowest BCUT2D eigenvalue weighted by atomic mass is 10.1. The number of benzene rings is 2. The van der Waals surface area contributed by atoms with Crippen LogP contribution in [0.3, 0.4) is 0 Å². The molecule has 0 aliphatic rings. The third-order valence-corrected chi connectivity index (χ3v) is 4.62. The highest BCUT2D eigenvalue weighted by Gasteiger charge is 2.13. The predicted molar refractivity (Wildman–Crippen MR) is 82.1 cm³/mol. The maximum atomic E-state index is 13.7. The summed E-state index contributed by atoms with van der Waals surface area (Å²) < 4.78 is 27.7. The average molecular weight is 358 g/mol. The molecule has 0 radical (unpaired) electrons. The van der Waals surface area contributed by atoms with Gasteiger partial charge in [0, 0.05) is 26.4 Å². The Bertz CT molecular complexity index is 619. The lowest BCUT2D eigenvalue weighted by Crippen LogP contribution is -2.13. The lowest BCUT2D eigenvalue weighted by molar-refractivity contribution is 0.565. The molecule has 2 aromatic carbocycles. The number of halogens is 3. The smallest absolute Gasteiger partial charge is 0.140 e. The molecule has 0 aliphatic carbocycles. The standard InChI is InChI=1S/C15H14BrF2NS/c1-9(19-2)12-7-10(16)3-5-14(12)20-15-6-4-11(17)8-13(15)18/h3-9,19H,1-2H3. The van der Waals surface area contributed by atoms with Crippen molar-refractivity contribution in [2.24, 2.45) is 0 Å². The molecule has 0 aromatic heterocycles. The molecule has 0 heterocycles. The van der Waals surface area contributed by atoms with Gasteiger partial charge in [-0.1, -0.05) is 27.7 Å². The van der Waals surface area contributed by atoms with E-state index in [9.17, 15) is 8.78 Å². The molecule has 1 atom stereocenters. The lowest BCUT2D eigenvalue weighted by Gasteiger charge is -2.16. The van der Waals surface area contributed by atoms with Crippen LogP contribution in [-0.2, 0) is 0 Å². The topological polar surface area (TPSA) is 12.0 Å². The van der Waals surface area contributed by atoms with Gasteiger partial charge in [-0.05, 0) is 49.9 Å². The van der Waals surface area contributed by atoms with Gasteiger partial charge in [0.15, 0.2) is 0 Å². The van der Waals surface area contributed by atoms with Gasteiger partial charge in [-0.2, -0.15) is 0 Å². The van der Waals surface area contributed by atoms with E-state index >= 15 is 0 Å². The Balaban J connectivity index is 2.37. The van der Waals surface area contributed by atoms with Crippen LogP contribution in [0, 0.1) is 11.6 Å². The Labute approximate surface area is 129 Å². The molecular formula is C15H14BrF2NS. The highest BCUT2D eigenvalue weighted by Crippen LogP contribution is 2.36. The van der Waals surface area contributed by atoms with E-state index in [-0.39, 0.29) is 6.04 Å². The first-order valence-electron chi connectivity index (χ1n) is 6.11. The molecule has 0 saturated heterocycles. The molecular weight excluding hydrogens is 344 g/mol. The van der Waals surface area contributed by atoms with Gasteiger partial charge in [-0.15, -0.1) is 0 Å². The number of hydrogen-bond donors (Lipinski definition) is 1. The fourth-order valence-electron chi connectivity index (χ4n) is 1.78. The summed E-state index contributed by atoms with van der Waals surface area (Å²) >= 11 is 4.74. The van der Waals surface area contributed by atoms with Crippen LogP contribution in [-0.4, -0.2) is 7.05 Å². The zero-order chi connectivity index (χ0) is 14.7. The molecule has 1 unspecified atom stereocenters. The summed E-state index contributed by atoms with van der Waals surface area (Å²) in [6.45, 7) is 2.03. The molecule has 1 nitrogen and oxygen atoms in total. The number of hydrogen-bond acceptors (Lipinski definition) is 2. The van der Waals surface area contributed by atoms with Crippen LogP contribution in [0.5, 0.6) is 0 Å². The van der Waals surface area contributed by atoms with Gasteiger partial charge >= 0.3 is 0 Å². The Hall–Kier alpha value is -0.910. The first-order chi connectivity index (χ1) is 9.51. The van der Waals surface area contributed by atoms with Crippen LogP contribution in [0.1, 0.15) is 18.5 Å². The quantitative estimate of drug-likeness (QED) is 0.810. The summed E-state index contributed by atoms with van der Waals surface area (Å²) in [4.78, 5) is 1.36. The third-order valence-electron chi connectivity index (χ3n) is 2.99. The number of rotatable bonds is 4. The van der Waals surface area contributed by atoms with Crippen LogP contribution >= 0.6 is 27.7 Å². The van der Waals surface area contributed by atoms with Gasteiger partial charge in [-0.25, -0.2) is 8.78 Å². The zero-order valence-electron chi connectivity index (χ0n) is 11.1. The normalized spacial score (nSPS) is 12.4. The summed E-state index contributed by atoms with van der Waals surface area (Å²) in [5, 5.41) is 3.17. The van der Waals surface area contributed by atoms with Gasteiger partial charge in [0.25, 0.3) is 0 Å². The van der Waals surface area contributed by atoms with E-state index in [0.717, 1.165) is 21.0 Å². The van der Waals surface area contributed by atoms with Crippen molar-refractivity contribution in [3.8, 4) is 0 Å². The maximum Gasteiger partial charge on any atom is 0.140 e.